The molecule has 5 nitrogen and oxygen atoms in total. The number of carbonyl (C=O) groups excluding carboxylic acids is 1. The van der Waals surface area contributed by atoms with E-state index < -0.39 is 11.9 Å². The predicted octanol–water partition coefficient (Wildman–Crippen LogP) is 2.92. The number of carboxylic acids is 1. The molecule has 0 bridgehead atoms. The highest BCUT2D eigenvalue weighted by atomic mass is 16.4. The first-order valence-corrected chi connectivity index (χ1v) is 7.37. The van der Waals surface area contributed by atoms with Gasteiger partial charge in [0.15, 0.2) is 0 Å². The van der Waals surface area contributed by atoms with E-state index in [1.54, 1.807) is 15.9 Å². The third-order valence-corrected chi connectivity index (χ3v) is 3.83. The predicted molar refractivity (Wildman–Crippen MR) is 81.7 cm³/mol. The summed E-state index contributed by atoms with van der Waals surface area (Å²) in [6, 6.07) is 7.25. The number of nitrogens with zero attached hydrogens (tertiary/aromatic N) is 2. The van der Waals surface area contributed by atoms with Crippen LogP contribution in [-0.2, 0) is 4.79 Å². The van der Waals surface area contributed by atoms with E-state index in [-0.39, 0.29) is 18.6 Å². The van der Waals surface area contributed by atoms with Gasteiger partial charge in [0, 0.05) is 24.8 Å². The molecular weight excluding hydrogens is 268 g/mol. The number of hydrogen-bond donors (Lipinski definition) is 1. The van der Waals surface area contributed by atoms with Crippen LogP contribution in [0.15, 0.2) is 24.3 Å². The van der Waals surface area contributed by atoms with Gasteiger partial charge in [-0.05, 0) is 31.9 Å². The Labute approximate surface area is 125 Å². The molecule has 1 unspecified atom stereocenters. The van der Waals surface area contributed by atoms with Gasteiger partial charge in [-0.15, -0.1) is 0 Å². The quantitative estimate of drug-likeness (QED) is 0.927. The van der Waals surface area contributed by atoms with Gasteiger partial charge in [0.1, 0.15) is 5.92 Å². The first-order valence-electron chi connectivity index (χ1n) is 7.37. The fraction of sp³-hybridized carbons (Fsp3) is 0.500. The molecule has 0 aromatic heterocycles. The Balaban J connectivity index is 2.33. The second-order valence-electron chi connectivity index (χ2n) is 5.63. The maximum atomic E-state index is 12.8. The lowest BCUT2D eigenvalue weighted by atomic mass is 10.0. The molecule has 0 fully saturated rings. The summed E-state index contributed by atoms with van der Waals surface area (Å²) in [6.45, 7) is 6.86. The molecule has 1 aliphatic rings. The zero-order valence-electron chi connectivity index (χ0n) is 12.7. The van der Waals surface area contributed by atoms with Gasteiger partial charge in [0.2, 0.25) is 0 Å². The highest BCUT2D eigenvalue weighted by Crippen LogP contribution is 2.37. The molecule has 21 heavy (non-hydrogen) atoms. The van der Waals surface area contributed by atoms with E-state index in [0.29, 0.717) is 6.54 Å². The number of carboxylic acid groups (broad SMARTS) is 1. The average molecular weight is 290 g/mol. The van der Waals surface area contributed by atoms with E-state index in [4.69, 9.17) is 0 Å². The lowest BCUT2D eigenvalue weighted by molar-refractivity contribution is -0.138. The van der Waals surface area contributed by atoms with E-state index in [1.807, 2.05) is 39.0 Å². The zero-order chi connectivity index (χ0) is 15.6. The van der Waals surface area contributed by atoms with Crippen LogP contribution < -0.4 is 4.90 Å². The minimum absolute atomic E-state index is 0.0912. The molecule has 2 amide bonds. The molecule has 1 aromatic rings. The summed E-state index contributed by atoms with van der Waals surface area (Å²) < 4.78 is 0. The van der Waals surface area contributed by atoms with Crippen LogP contribution in [-0.4, -0.2) is 41.1 Å². The zero-order valence-corrected chi connectivity index (χ0v) is 12.7. The van der Waals surface area contributed by atoms with E-state index >= 15 is 0 Å². The number of aliphatic carboxylic acids is 1. The third-order valence-electron chi connectivity index (χ3n) is 3.83. The molecule has 2 rings (SSSR count). The molecule has 5 heteroatoms. The molecule has 1 aliphatic heterocycles. The van der Waals surface area contributed by atoms with Crippen LogP contribution in [0.4, 0.5) is 10.5 Å². The average Bonchev–Trinajstić information content (AvgIpc) is 2.83. The van der Waals surface area contributed by atoms with Crippen LogP contribution in [0.3, 0.4) is 0 Å². The molecule has 114 valence electrons. The lowest BCUT2D eigenvalue weighted by Gasteiger charge is -2.31. The monoisotopic (exact) mass is 290 g/mol. The summed E-state index contributed by atoms with van der Waals surface area (Å²) in [4.78, 5) is 27.6. The third kappa shape index (κ3) is 2.86. The van der Waals surface area contributed by atoms with Gasteiger partial charge in [-0.25, -0.2) is 4.79 Å². The van der Waals surface area contributed by atoms with Gasteiger partial charge < -0.3 is 10.0 Å². The number of para-hydroxylation sites is 1. The summed E-state index contributed by atoms with van der Waals surface area (Å²) in [5.41, 5.74) is 1.44. The molecule has 1 heterocycles. The number of benzene rings is 1. The van der Waals surface area contributed by atoms with Gasteiger partial charge in [-0.2, -0.15) is 0 Å². The molecule has 0 spiro atoms. The van der Waals surface area contributed by atoms with Crippen LogP contribution in [0, 0.1) is 0 Å². The van der Waals surface area contributed by atoms with Crippen molar-refractivity contribution in [3.8, 4) is 0 Å². The summed E-state index contributed by atoms with van der Waals surface area (Å²) in [5.74, 6) is -1.52. The Morgan fingerprint density at radius 2 is 2.05 bits per heavy atom. The van der Waals surface area contributed by atoms with Crippen molar-refractivity contribution in [2.75, 3.05) is 18.0 Å². The fourth-order valence-electron chi connectivity index (χ4n) is 2.77. The molecule has 0 saturated heterocycles. The minimum Gasteiger partial charge on any atom is -0.481 e. The Bertz CT molecular complexity index is 542. The summed E-state index contributed by atoms with van der Waals surface area (Å²) in [7, 11) is 0. The van der Waals surface area contributed by atoms with Crippen LogP contribution in [0.1, 0.15) is 38.7 Å². The topological polar surface area (TPSA) is 60.9 Å². The van der Waals surface area contributed by atoms with Crippen molar-refractivity contribution in [1.29, 1.82) is 0 Å². The number of rotatable bonds is 4. The molecule has 0 radical (unpaired) electrons. The number of urea groups is 1. The second-order valence-corrected chi connectivity index (χ2v) is 5.63. The van der Waals surface area contributed by atoms with Crippen molar-refractivity contribution in [2.45, 2.75) is 39.2 Å². The van der Waals surface area contributed by atoms with E-state index in [9.17, 15) is 14.7 Å². The molecule has 1 aromatic carbocycles. The van der Waals surface area contributed by atoms with Gasteiger partial charge in [0.25, 0.3) is 0 Å². The van der Waals surface area contributed by atoms with Crippen LogP contribution in [0.2, 0.25) is 0 Å². The number of anilines is 1. The number of fused-ring (bicyclic) bond motifs is 1. The lowest BCUT2D eigenvalue weighted by Crippen LogP contribution is -2.46. The Kier molecular flexibility index (Phi) is 4.50. The van der Waals surface area contributed by atoms with Crippen molar-refractivity contribution in [1.82, 2.24) is 4.90 Å². The molecular formula is C16H22N2O3. The fourth-order valence-corrected chi connectivity index (χ4v) is 2.77. The van der Waals surface area contributed by atoms with Gasteiger partial charge >= 0.3 is 12.0 Å². The Morgan fingerprint density at radius 3 is 2.62 bits per heavy atom. The maximum Gasteiger partial charge on any atom is 0.324 e. The van der Waals surface area contributed by atoms with E-state index in [2.05, 4.69) is 0 Å². The molecule has 0 aliphatic carbocycles. The van der Waals surface area contributed by atoms with E-state index in [0.717, 1.165) is 17.7 Å². The Hall–Kier alpha value is -2.04. The standard InChI is InChI=1S/C16H22N2O3/c1-4-9-17(11(2)3)16(21)18-10-13(15(19)20)12-7-5-6-8-14(12)18/h5-8,11,13H,4,9-10H2,1-3H3,(H,19,20). The Morgan fingerprint density at radius 1 is 1.38 bits per heavy atom. The van der Waals surface area contributed by atoms with Crippen molar-refractivity contribution >= 4 is 17.7 Å². The number of amides is 2. The smallest absolute Gasteiger partial charge is 0.324 e. The van der Waals surface area contributed by atoms with Crippen molar-refractivity contribution in [3.63, 3.8) is 0 Å². The first kappa shape index (κ1) is 15.4. The second kappa shape index (κ2) is 6.16. The van der Waals surface area contributed by atoms with Crippen molar-refractivity contribution in [3.05, 3.63) is 29.8 Å². The van der Waals surface area contributed by atoms with Crippen molar-refractivity contribution < 1.29 is 14.7 Å². The number of hydrogen-bond acceptors (Lipinski definition) is 2. The number of carbonyl (C=O) groups is 2. The van der Waals surface area contributed by atoms with Crippen LogP contribution >= 0.6 is 0 Å². The molecule has 1 atom stereocenters. The van der Waals surface area contributed by atoms with Gasteiger partial charge in [-0.1, -0.05) is 25.1 Å². The normalized spacial score (nSPS) is 17.0. The first-order chi connectivity index (χ1) is 9.97. The highest BCUT2D eigenvalue weighted by Gasteiger charge is 2.38. The van der Waals surface area contributed by atoms with Crippen molar-refractivity contribution in [2.24, 2.45) is 0 Å². The largest absolute Gasteiger partial charge is 0.481 e. The summed E-state index contributed by atoms with van der Waals surface area (Å²) >= 11 is 0. The molecule has 1 N–H and O–H groups in total. The van der Waals surface area contributed by atoms with Crippen LogP contribution in [0.5, 0.6) is 0 Å². The van der Waals surface area contributed by atoms with Gasteiger partial charge in [-0.3, -0.25) is 9.69 Å². The SMILES string of the molecule is CCCN(C(=O)N1CC(C(=O)O)c2ccccc21)C(C)C. The summed E-state index contributed by atoms with van der Waals surface area (Å²) in [5, 5.41) is 9.36. The van der Waals surface area contributed by atoms with Crippen LogP contribution in [0.25, 0.3) is 0 Å². The highest BCUT2D eigenvalue weighted by molar-refractivity contribution is 5.98. The van der Waals surface area contributed by atoms with Gasteiger partial charge in [0.05, 0.1) is 0 Å². The molecule has 0 saturated carbocycles. The summed E-state index contributed by atoms with van der Waals surface area (Å²) in [6.07, 6.45) is 0.877. The maximum absolute atomic E-state index is 12.8. The minimum atomic E-state index is -0.885. The van der Waals surface area contributed by atoms with E-state index in [1.165, 1.54) is 0 Å².